The third-order valence-corrected chi connectivity index (χ3v) is 5.04. The number of hydrogen-bond donors (Lipinski definition) is 1. The van der Waals surface area contributed by atoms with Gasteiger partial charge in [0.15, 0.2) is 0 Å². The number of rotatable bonds is 6. The molecular formula is C20H28N4O2. The molecule has 0 aliphatic carbocycles. The summed E-state index contributed by atoms with van der Waals surface area (Å²) in [6.07, 6.45) is 5.81. The monoisotopic (exact) mass is 356 g/mol. The molecule has 1 unspecified atom stereocenters. The van der Waals surface area contributed by atoms with Crippen LogP contribution in [0.25, 0.3) is 0 Å². The van der Waals surface area contributed by atoms with Crippen molar-refractivity contribution in [2.24, 2.45) is 0 Å². The minimum absolute atomic E-state index is 0.000190. The number of aromatic nitrogens is 2. The summed E-state index contributed by atoms with van der Waals surface area (Å²) in [6, 6.07) is 6.51. The number of hydrogen-bond acceptors (Lipinski definition) is 3. The minimum Gasteiger partial charge on any atom is -0.383 e. The highest BCUT2D eigenvalue weighted by molar-refractivity contribution is 5.75. The van der Waals surface area contributed by atoms with Crippen LogP contribution in [0.2, 0.25) is 0 Å². The predicted octanol–water partition coefficient (Wildman–Crippen LogP) is 3.19. The molecule has 1 N–H and O–H groups in total. The Kier molecular flexibility index (Phi) is 5.93. The Hall–Kier alpha value is -2.34. The average Bonchev–Trinajstić information content (AvgIpc) is 3.27. The zero-order valence-corrected chi connectivity index (χ0v) is 15.9. The summed E-state index contributed by atoms with van der Waals surface area (Å²) in [5.41, 5.74) is 4.81. The molecule has 0 radical (unpaired) electrons. The molecular weight excluding hydrogens is 328 g/mol. The fraction of sp³-hybridized carbons (Fsp3) is 0.500. The summed E-state index contributed by atoms with van der Waals surface area (Å²) in [4.78, 5) is 14.7. The number of urea groups is 1. The molecule has 6 heteroatoms. The first kappa shape index (κ1) is 18.5. The van der Waals surface area contributed by atoms with Crippen LogP contribution in [0.1, 0.15) is 41.1 Å². The topological polar surface area (TPSA) is 59.4 Å². The van der Waals surface area contributed by atoms with E-state index in [0.717, 1.165) is 24.9 Å². The number of carbonyl (C=O) groups is 1. The molecule has 2 aromatic rings. The molecule has 0 saturated carbocycles. The maximum Gasteiger partial charge on any atom is 0.318 e. The standard InChI is InChI=1S/C20H28N4O2/c1-15-6-4-7-16(2)19(15)18-8-5-9-24(18)20(25)21-12-17-13-22-23(14-17)10-11-26-3/h4,6-7,13-14,18H,5,8-12H2,1-3H3,(H,21,25). The van der Waals surface area contributed by atoms with E-state index in [1.54, 1.807) is 13.3 Å². The lowest BCUT2D eigenvalue weighted by Crippen LogP contribution is -2.39. The molecule has 0 spiro atoms. The van der Waals surface area contributed by atoms with E-state index >= 15 is 0 Å². The summed E-state index contributed by atoms with van der Waals surface area (Å²) >= 11 is 0. The number of benzene rings is 1. The molecule has 140 valence electrons. The summed E-state index contributed by atoms with van der Waals surface area (Å²) in [5.74, 6) is 0. The van der Waals surface area contributed by atoms with Crippen LogP contribution in [0.5, 0.6) is 0 Å². The number of ether oxygens (including phenoxy) is 1. The quantitative estimate of drug-likeness (QED) is 0.865. The van der Waals surface area contributed by atoms with Crippen LogP contribution in [0, 0.1) is 13.8 Å². The lowest BCUT2D eigenvalue weighted by atomic mass is 9.94. The van der Waals surface area contributed by atoms with Gasteiger partial charge in [0.05, 0.1) is 25.4 Å². The average molecular weight is 356 g/mol. The van der Waals surface area contributed by atoms with E-state index in [-0.39, 0.29) is 12.1 Å². The Balaban J connectivity index is 1.63. The second kappa shape index (κ2) is 8.36. The van der Waals surface area contributed by atoms with Crippen molar-refractivity contribution < 1.29 is 9.53 Å². The lowest BCUT2D eigenvalue weighted by molar-refractivity contribution is 0.183. The van der Waals surface area contributed by atoms with Crippen LogP contribution in [0.15, 0.2) is 30.6 Å². The maximum atomic E-state index is 12.8. The van der Waals surface area contributed by atoms with Gasteiger partial charge in [0.1, 0.15) is 0 Å². The second-order valence-corrected chi connectivity index (χ2v) is 6.92. The van der Waals surface area contributed by atoms with Gasteiger partial charge in [0, 0.05) is 32.0 Å². The van der Waals surface area contributed by atoms with Crippen molar-refractivity contribution in [2.75, 3.05) is 20.3 Å². The number of methoxy groups -OCH3 is 1. The molecule has 2 amide bonds. The Morgan fingerprint density at radius 1 is 1.35 bits per heavy atom. The molecule has 1 fully saturated rings. The number of aryl methyl sites for hydroxylation is 2. The Morgan fingerprint density at radius 2 is 2.12 bits per heavy atom. The van der Waals surface area contributed by atoms with Crippen LogP contribution in [0.4, 0.5) is 4.79 Å². The van der Waals surface area contributed by atoms with Gasteiger partial charge < -0.3 is 15.0 Å². The third-order valence-electron chi connectivity index (χ3n) is 5.04. The number of amides is 2. The number of nitrogens with zero attached hydrogens (tertiary/aromatic N) is 3. The highest BCUT2D eigenvalue weighted by atomic mass is 16.5. The van der Waals surface area contributed by atoms with E-state index in [2.05, 4.69) is 42.5 Å². The number of nitrogens with one attached hydrogen (secondary N) is 1. The summed E-state index contributed by atoms with van der Waals surface area (Å²) < 4.78 is 6.89. The normalized spacial score (nSPS) is 16.9. The Bertz CT molecular complexity index is 736. The van der Waals surface area contributed by atoms with Crippen LogP contribution in [0.3, 0.4) is 0 Å². The SMILES string of the molecule is COCCn1cc(CNC(=O)N2CCCC2c2c(C)cccc2C)cn1. The van der Waals surface area contributed by atoms with E-state index in [0.29, 0.717) is 19.7 Å². The van der Waals surface area contributed by atoms with Gasteiger partial charge in [-0.1, -0.05) is 18.2 Å². The maximum absolute atomic E-state index is 12.8. The zero-order valence-electron chi connectivity index (χ0n) is 15.9. The highest BCUT2D eigenvalue weighted by Crippen LogP contribution is 2.35. The second-order valence-electron chi connectivity index (χ2n) is 6.92. The molecule has 1 atom stereocenters. The molecule has 1 aromatic heterocycles. The van der Waals surface area contributed by atoms with Crippen molar-refractivity contribution >= 4 is 6.03 Å². The van der Waals surface area contributed by atoms with Crippen LogP contribution in [-0.4, -0.2) is 41.0 Å². The van der Waals surface area contributed by atoms with Crippen LogP contribution < -0.4 is 5.32 Å². The van der Waals surface area contributed by atoms with Gasteiger partial charge in [-0.2, -0.15) is 5.10 Å². The van der Waals surface area contributed by atoms with Crippen LogP contribution >= 0.6 is 0 Å². The molecule has 2 heterocycles. The van der Waals surface area contributed by atoms with Crippen molar-refractivity contribution in [3.63, 3.8) is 0 Å². The van der Waals surface area contributed by atoms with Crippen molar-refractivity contribution in [3.05, 3.63) is 52.8 Å². The molecule has 26 heavy (non-hydrogen) atoms. The van der Waals surface area contributed by atoms with Gasteiger partial charge in [-0.25, -0.2) is 4.79 Å². The van der Waals surface area contributed by atoms with E-state index in [9.17, 15) is 4.79 Å². The number of carbonyl (C=O) groups excluding carboxylic acids is 1. The van der Waals surface area contributed by atoms with Crippen LogP contribution in [-0.2, 0) is 17.8 Å². The van der Waals surface area contributed by atoms with E-state index < -0.39 is 0 Å². The summed E-state index contributed by atoms with van der Waals surface area (Å²) in [7, 11) is 1.67. The van der Waals surface area contributed by atoms with E-state index in [1.807, 2.05) is 15.8 Å². The Labute approximate surface area is 155 Å². The predicted molar refractivity (Wildman–Crippen MR) is 101 cm³/mol. The molecule has 3 rings (SSSR count). The van der Waals surface area contributed by atoms with Crippen molar-refractivity contribution in [2.45, 2.75) is 45.8 Å². The smallest absolute Gasteiger partial charge is 0.318 e. The van der Waals surface area contributed by atoms with Gasteiger partial charge in [0.2, 0.25) is 0 Å². The molecule has 6 nitrogen and oxygen atoms in total. The largest absolute Gasteiger partial charge is 0.383 e. The third kappa shape index (κ3) is 4.07. The van der Waals surface area contributed by atoms with E-state index in [4.69, 9.17) is 4.74 Å². The van der Waals surface area contributed by atoms with Gasteiger partial charge in [-0.05, 0) is 43.4 Å². The summed E-state index contributed by atoms with van der Waals surface area (Å²) in [6.45, 7) is 6.89. The fourth-order valence-electron chi connectivity index (χ4n) is 3.75. The molecule has 0 bridgehead atoms. The Morgan fingerprint density at radius 3 is 2.85 bits per heavy atom. The van der Waals surface area contributed by atoms with Gasteiger partial charge in [-0.3, -0.25) is 4.68 Å². The molecule has 1 aliphatic heterocycles. The fourth-order valence-corrected chi connectivity index (χ4v) is 3.75. The van der Waals surface area contributed by atoms with Gasteiger partial charge >= 0.3 is 6.03 Å². The first-order chi connectivity index (χ1) is 12.6. The molecule has 1 aliphatic rings. The van der Waals surface area contributed by atoms with Gasteiger partial charge in [0.25, 0.3) is 0 Å². The summed E-state index contributed by atoms with van der Waals surface area (Å²) in [5, 5.41) is 7.34. The lowest BCUT2D eigenvalue weighted by Gasteiger charge is -2.27. The van der Waals surface area contributed by atoms with Gasteiger partial charge in [-0.15, -0.1) is 0 Å². The highest BCUT2D eigenvalue weighted by Gasteiger charge is 2.31. The van der Waals surface area contributed by atoms with Crippen molar-refractivity contribution in [1.82, 2.24) is 20.0 Å². The molecule has 1 aromatic carbocycles. The number of likely N-dealkylation sites (tertiary alicyclic amines) is 1. The molecule has 1 saturated heterocycles. The van der Waals surface area contributed by atoms with Crippen molar-refractivity contribution in [3.8, 4) is 0 Å². The van der Waals surface area contributed by atoms with Crippen molar-refractivity contribution in [1.29, 1.82) is 0 Å². The first-order valence-corrected chi connectivity index (χ1v) is 9.21. The first-order valence-electron chi connectivity index (χ1n) is 9.21. The zero-order chi connectivity index (χ0) is 18.5. The minimum atomic E-state index is -0.000190. The van der Waals surface area contributed by atoms with E-state index in [1.165, 1.54) is 16.7 Å².